The van der Waals surface area contributed by atoms with Gasteiger partial charge in [0.1, 0.15) is 0 Å². The summed E-state index contributed by atoms with van der Waals surface area (Å²) in [7, 11) is 0. The van der Waals surface area contributed by atoms with Crippen molar-refractivity contribution >= 4 is 23.2 Å². The molecular weight excluding hydrogens is 319 g/mol. The summed E-state index contributed by atoms with van der Waals surface area (Å²) in [5.74, 6) is 0.411. The van der Waals surface area contributed by atoms with Crippen molar-refractivity contribution in [1.82, 2.24) is 0 Å². The minimum atomic E-state index is -0.133. The van der Waals surface area contributed by atoms with Crippen LogP contribution in [0.4, 0.5) is 0 Å². The SMILES string of the molecule is C/C(=C\C[C@@H]1CCCC[C@H]1O)COCc1ccc(Cl)cc1Cl. The zero-order valence-electron chi connectivity index (χ0n) is 13.0. The Hall–Kier alpha value is -0.540. The summed E-state index contributed by atoms with van der Waals surface area (Å²) < 4.78 is 5.71. The molecule has 22 heavy (non-hydrogen) atoms. The van der Waals surface area contributed by atoms with Crippen molar-refractivity contribution in [3.8, 4) is 0 Å². The fraction of sp³-hybridized carbons (Fsp3) is 0.556. The summed E-state index contributed by atoms with van der Waals surface area (Å²) in [5.41, 5.74) is 2.14. The summed E-state index contributed by atoms with van der Waals surface area (Å²) in [5, 5.41) is 11.2. The maximum atomic E-state index is 9.97. The molecule has 0 spiro atoms. The van der Waals surface area contributed by atoms with E-state index in [2.05, 4.69) is 13.0 Å². The molecule has 2 nitrogen and oxygen atoms in total. The number of allylic oxidation sites excluding steroid dienone is 1. The van der Waals surface area contributed by atoms with Crippen LogP contribution in [-0.4, -0.2) is 17.8 Å². The second-order valence-corrected chi connectivity index (χ2v) is 6.97. The molecule has 1 aliphatic carbocycles. The molecule has 0 saturated heterocycles. The molecule has 1 saturated carbocycles. The number of ether oxygens (including phenoxy) is 1. The smallest absolute Gasteiger partial charge is 0.0735 e. The highest BCUT2D eigenvalue weighted by atomic mass is 35.5. The monoisotopic (exact) mass is 342 g/mol. The van der Waals surface area contributed by atoms with Gasteiger partial charge in [-0.25, -0.2) is 0 Å². The van der Waals surface area contributed by atoms with Crippen molar-refractivity contribution in [1.29, 1.82) is 0 Å². The number of hydrogen-bond acceptors (Lipinski definition) is 2. The van der Waals surface area contributed by atoms with Gasteiger partial charge in [0.15, 0.2) is 0 Å². The second-order valence-electron chi connectivity index (χ2n) is 6.13. The highest BCUT2D eigenvalue weighted by Gasteiger charge is 2.21. The Bertz CT molecular complexity index is 514. The van der Waals surface area contributed by atoms with Crippen LogP contribution in [0.5, 0.6) is 0 Å². The van der Waals surface area contributed by atoms with Gasteiger partial charge in [-0.2, -0.15) is 0 Å². The van der Waals surface area contributed by atoms with E-state index in [0.717, 1.165) is 31.2 Å². The van der Waals surface area contributed by atoms with Gasteiger partial charge < -0.3 is 9.84 Å². The molecule has 122 valence electrons. The molecule has 0 heterocycles. The van der Waals surface area contributed by atoms with Crippen molar-refractivity contribution in [2.45, 2.75) is 51.7 Å². The van der Waals surface area contributed by atoms with Crippen LogP contribution in [0.1, 0.15) is 44.6 Å². The molecule has 4 heteroatoms. The summed E-state index contributed by atoms with van der Waals surface area (Å²) >= 11 is 12.0. The molecule has 0 amide bonds. The first-order valence-corrected chi connectivity index (χ1v) is 8.67. The molecule has 1 aromatic carbocycles. The van der Waals surface area contributed by atoms with Gasteiger partial charge in [-0.1, -0.05) is 53.8 Å². The van der Waals surface area contributed by atoms with Crippen molar-refractivity contribution in [2.75, 3.05) is 6.61 Å². The van der Waals surface area contributed by atoms with E-state index in [1.165, 1.54) is 12.0 Å². The van der Waals surface area contributed by atoms with Gasteiger partial charge in [0.05, 0.1) is 19.3 Å². The number of hydrogen-bond donors (Lipinski definition) is 1. The largest absolute Gasteiger partial charge is 0.393 e. The lowest BCUT2D eigenvalue weighted by molar-refractivity contribution is 0.0710. The molecule has 0 bridgehead atoms. The van der Waals surface area contributed by atoms with Crippen LogP contribution in [0.15, 0.2) is 29.8 Å². The highest BCUT2D eigenvalue weighted by Crippen LogP contribution is 2.27. The molecule has 0 radical (unpaired) electrons. The van der Waals surface area contributed by atoms with Crippen LogP contribution < -0.4 is 0 Å². The van der Waals surface area contributed by atoms with Crippen LogP contribution in [0.25, 0.3) is 0 Å². The van der Waals surface area contributed by atoms with Gasteiger partial charge in [-0.15, -0.1) is 0 Å². The Balaban J connectivity index is 1.74. The molecule has 0 aliphatic heterocycles. The van der Waals surface area contributed by atoms with E-state index in [4.69, 9.17) is 27.9 Å². The third kappa shape index (κ3) is 5.58. The third-order valence-electron chi connectivity index (χ3n) is 4.24. The van der Waals surface area contributed by atoms with E-state index in [1.54, 1.807) is 6.07 Å². The summed E-state index contributed by atoms with van der Waals surface area (Å²) in [4.78, 5) is 0. The van der Waals surface area contributed by atoms with Crippen molar-refractivity contribution in [3.05, 3.63) is 45.5 Å². The third-order valence-corrected chi connectivity index (χ3v) is 4.83. The van der Waals surface area contributed by atoms with Crippen LogP contribution in [0.3, 0.4) is 0 Å². The summed E-state index contributed by atoms with van der Waals surface area (Å²) in [6.07, 6.45) is 7.48. The average Bonchev–Trinajstić information content (AvgIpc) is 2.49. The Kier molecular flexibility index (Phi) is 7.23. The highest BCUT2D eigenvalue weighted by molar-refractivity contribution is 6.35. The Labute approximate surface area is 143 Å². The number of rotatable bonds is 6. The Morgan fingerprint density at radius 3 is 2.82 bits per heavy atom. The number of benzene rings is 1. The van der Waals surface area contributed by atoms with Gasteiger partial charge >= 0.3 is 0 Å². The standard InChI is InChI=1S/C18H24Cl2O2/c1-13(6-7-14-4-2-3-5-18(14)21)11-22-12-15-8-9-16(19)10-17(15)20/h6,8-10,14,18,21H,2-5,7,11-12H2,1H3/b13-6+/t14-,18+/m0/s1. The first-order chi connectivity index (χ1) is 10.6. The topological polar surface area (TPSA) is 29.5 Å². The van der Waals surface area contributed by atoms with Gasteiger partial charge in [0.25, 0.3) is 0 Å². The summed E-state index contributed by atoms with van der Waals surface area (Å²) in [6, 6.07) is 5.44. The minimum Gasteiger partial charge on any atom is -0.393 e. The zero-order chi connectivity index (χ0) is 15.9. The van der Waals surface area contributed by atoms with Crippen LogP contribution in [-0.2, 0) is 11.3 Å². The van der Waals surface area contributed by atoms with Gasteiger partial charge in [0, 0.05) is 10.0 Å². The number of halogens is 2. The number of aliphatic hydroxyl groups is 1. The lowest BCUT2D eigenvalue weighted by Gasteiger charge is -2.26. The van der Waals surface area contributed by atoms with E-state index in [1.807, 2.05) is 12.1 Å². The first-order valence-electron chi connectivity index (χ1n) is 7.91. The molecule has 2 rings (SSSR count). The van der Waals surface area contributed by atoms with Gasteiger partial charge in [-0.3, -0.25) is 0 Å². The fourth-order valence-corrected chi connectivity index (χ4v) is 3.30. The fourth-order valence-electron chi connectivity index (χ4n) is 2.84. The van der Waals surface area contributed by atoms with Crippen molar-refractivity contribution in [3.63, 3.8) is 0 Å². The van der Waals surface area contributed by atoms with Crippen LogP contribution >= 0.6 is 23.2 Å². The second kappa shape index (κ2) is 8.93. The molecule has 2 atom stereocenters. The van der Waals surface area contributed by atoms with E-state index in [9.17, 15) is 5.11 Å². The predicted octanol–water partition coefficient (Wildman–Crippen LogP) is 5.40. The van der Waals surface area contributed by atoms with Gasteiger partial charge in [0.2, 0.25) is 0 Å². The van der Waals surface area contributed by atoms with Crippen molar-refractivity contribution in [2.24, 2.45) is 5.92 Å². The molecular formula is C18H24Cl2O2. The quantitative estimate of drug-likeness (QED) is 0.701. The summed E-state index contributed by atoms with van der Waals surface area (Å²) in [6.45, 7) is 3.13. The Morgan fingerprint density at radius 2 is 2.09 bits per heavy atom. The van der Waals surface area contributed by atoms with E-state index in [0.29, 0.717) is 29.2 Å². The molecule has 0 unspecified atom stereocenters. The van der Waals surface area contributed by atoms with Crippen LogP contribution in [0, 0.1) is 5.92 Å². The van der Waals surface area contributed by atoms with Gasteiger partial charge in [-0.05, 0) is 49.8 Å². The average molecular weight is 343 g/mol. The lowest BCUT2D eigenvalue weighted by Crippen LogP contribution is -2.23. The maximum Gasteiger partial charge on any atom is 0.0735 e. The molecule has 1 N–H and O–H groups in total. The lowest BCUT2D eigenvalue weighted by atomic mass is 9.84. The zero-order valence-corrected chi connectivity index (χ0v) is 14.5. The van der Waals surface area contributed by atoms with E-state index in [-0.39, 0.29) is 6.10 Å². The molecule has 1 aliphatic rings. The van der Waals surface area contributed by atoms with Crippen molar-refractivity contribution < 1.29 is 9.84 Å². The number of aliphatic hydroxyl groups excluding tert-OH is 1. The molecule has 1 aromatic rings. The van der Waals surface area contributed by atoms with Crippen LogP contribution in [0.2, 0.25) is 10.0 Å². The normalized spacial score (nSPS) is 22.8. The Morgan fingerprint density at radius 1 is 1.32 bits per heavy atom. The molecule has 1 fully saturated rings. The van der Waals surface area contributed by atoms with E-state index < -0.39 is 0 Å². The first kappa shape index (κ1) is 17.8. The minimum absolute atomic E-state index is 0.133. The maximum absolute atomic E-state index is 9.97. The predicted molar refractivity (Wildman–Crippen MR) is 92.5 cm³/mol. The molecule has 0 aromatic heterocycles. The van der Waals surface area contributed by atoms with E-state index >= 15 is 0 Å².